The summed E-state index contributed by atoms with van der Waals surface area (Å²) in [5, 5.41) is 11.7. The molecule has 0 saturated carbocycles. The minimum absolute atomic E-state index is 0.124. The smallest absolute Gasteiger partial charge is 0.338 e. The molecule has 7 nitrogen and oxygen atoms in total. The third kappa shape index (κ3) is 3.57. The Balaban J connectivity index is 1.73. The highest BCUT2D eigenvalue weighted by molar-refractivity contribution is 6.11. The number of aliphatic hydroxyl groups excluding tert-OH is 1. The van der Waals surface area contributed by atoms with Gasteiger partial charge >= 0.3 is 5.97 Å². The lowest BCUT2D eigenvalue weighted by Gasteiger charge is -2.30. The highest BCUT2D eigenvalue weighted by Gasteiger charge is 2.31. The fourth-order valence-corrected chi connectivity index (χ4v) is 2.67. The van der Waals surface area contributed by atoms with Crippen LogP contribution in [0.1, 0.15) is 22.8 Å². The first-order chi connectivity index (χ1) is 12.5. The number of nitrogens with zero attached hydrogens (tertiary/aromatic N) is 1. The first kappa shape index (κ1) is 17.6. The van der Waals surface area contributed by atoms with Crippen molar-refractivity contribution in [1.82, 2.24) is 0 Å². The summed E-state index contributed by atoms with van der Waals surface area (Å²) in [5.74, 6) is -1.44. The molecule has 1 atom stereocenters. The number of esters is 1. The van der Waals surface area contributed by atoms with Gasteiger partial charge in [0.05, 0.1) is 23.5 Å². The lowest BCUT2D eigenvalue weighted by molar-refractivity contribution is -0.128. The number of nitrogens with one attached hydrogen (secondary N) is 1. The fraction of sp³-hybridized carbons (Fsp3) is 0.211. The maximum atomic E-state index is 12.7. The van der Waals surface area contributed by atoms with Crippen molar-refractivity contribution in [3.63, 3.8) is 0 Å². The summed E-state index contributed by atoms with van der Waals surface area (Å²) in [6.45, 7) is 1.21. The van der Waals surface area contributed by atoms with Gasteiger partial charge < -0.3 is 15.2 Å². The summed E-state index contributed by atoms with van der Waals surface area (Å²) in [4.78, 5) is 38.1. The average molecular weight is 354 g/mol. The van der Waals surface area contributed by atoms with Gasteiger partial charge in [-0.2, -0.15) is 0 Å². The quantitative estimate of drug-likeness (QED) is 0.815. The molecule has 0 radical (unpaired) electrons. The molecule has 1 heterocycles. The first-order valence-electron chi connectivity index (χ1n) is 8.10. The molecule has 1 aliphatic heterocycles. The normalized spacial score (nSPS) is 14.2. The van der Waals surface area contributed by atoms with E-state index < -0.39 is 18.0 Å². The lowest BCUT2D eigenvalue weighted by atomic mass is 10.1. The second-order valence-corrected chi connectivity index (χ2v) is 5.89. The molecule has 3 rings (SSSR count). The van der Waals surface area contributed by atoms with Crippen molar-refractivity contribution in [2.24, 2.45) is 0 Å². The van der Waals surface area contributed by atoms with E-state index in [0.29, 0.717) is 16.9 Å². The summed E-state index contributed by atoms with van der Waals surface area (Å²) >= 11 is 0. The fourth-order valence-electron chi connectivity index (χ4n) is 2.67. The topological polar surface area (TPSA) is 95.9 Å². The number of fused-ring (bicyclic) bond motifs is 1. The third-order valence-corrected chi connectivity index (χ3v) is 4.04. The molecule has 1 aliphatic rings. The minimum Gasteiger partial charge on any atom is -0.449 e. The monoisotopic (exact) mass is 354 g/mol. The van der Waals surface area contributed by atoms with Crippen LogP contribution in [0.25, 0.3) is 0 Å². The van der Waals surface area contributed by atoms with Crippen molar-refractivity contribution < 1.29 is 24.2 Å². The number of benzene rings is 2. The lowest BCUT2D eigenvalue weighted by Crippen LogP contribution is -2.47. The van der Waals surface area contributed by atoms with E-state index in [1.807, 2.05) is 0 Å². The molecule has 0 unspecified atom stereocenters. The number of rotatable bonds is 4. The van der Waals surface area contributed by atoms with Crippen LogP contribution in [0.15, 0.2) is 48.5 Å². The SMILES string of the molecule is C[C@@H](OC(=O)c1ccc(CO)cc1)C(=O)N1CC(=O)Nc2ccccc21. The van der Waals surface area contributed by atoms with Gasteiger partial charge in [0.1, 0.15) is 6.54 Å². The van der Waals surface area contributed by atoms with Gasteiger partial charge in [-0.3, -0.25) is 14.5 Å². The van der Waals surface area contributed by atoms with Crippen molar-refractivity contribution >= 4 is 29.2 Å². The number of anilines is 2. The molecular formula is C19H18N2O5. The van der Waals surface area contributed by atoms with E-state index in [9.17, 15) is 14.4 Å². The number of para-hydroxylation sites is 2. The Morgan fingerprint density at radius 3 is 2.58 bits per heavy atom. The van der Waals surface area contributed by atoms with Crippen LogP contribution in [-0.4, -0.2) is 35.5 Å². The van der Waals surface area contributed by atoms with Crippen LogP contribution in [0, 0.1) is 0 Å². The van der Waals surface area contributed by atoms with Crippen LogP contribution in [-0.2, 0) is 20.9 Å². The second-order valence-electron chi connectivity index (χ2n) is 5.89. The number of carbonyl (C=O) groups excluding carboxylic acids is 3. The predicted molar refractivity (Wildman–Crippen MR) is 94.7 cm³/mol. The van der Waals surface area contributed by atoms with Crippen LogP contribution in [0.4, 0.5) is 11.4 Å². The van der Waals surface area contributed by atoms with Crippen molar-refractivity contribution in [1.29, 1.82) is 0 Å². The van der Waals surface area contributed by atoms with Gasteiger partial charge in [0, 0.05) is 0 Å². The van der Waals surface area contributed by atoms with Crippen molar-refractivity contribution in [3.8, 4) is 0 Å². The summed E-state index contributed by atoms with van der Waals surface area (Å²) in [5.41, 5.74) is 2.04. The summed E-state index contributed by atoms with van der Waals surface area (Å²) in [6, 6.07) is 13.2. The molecule has 2 N–H and O–H groups in total. The highest BCUT2D eigenvalue weighted by Crippen LogP contribution is 2.29. The largest absolute Gasteiger partial charge is 0.449 e. The molecule has 2 aromatic rings. The van der Waals surface area contributed by atoms with Crippen LogP contribution in [0.2, 0.25) is 0 Å². The van der Waals surface area contributed by atoms with Crippen LogP contribution >= 0.6 is 0 Å². The number of carbonyl (C=O) groups is 3. The van der Waals surface area contributed by atoms with Gasteiger partial charge in [0.15, 0.2) is 6.10 Å². The van der Waals surface area contributed by atoms with Crippen molar-refractivity contribution in [3.05, 3.63) is 59.7 Å². The Hall–Kier alpha value is -3.19. The van der Waals surface area contributed by atoms with E-state index in [-0.39, 0.29) is 24.6 Å². The van der Waals surface area contributed by atoms with E-state index in [1.54, 1.807) is 36.4 Å². The number of aliphatic hydroxyl groups is 1. The zero-order chi connectivity index (χ0) is 18.7. The number of ether oxygens (including phenoxy) is 1. The maximum Gasteiger partial charge on any atom is 0.338 e. The molecule has 26 heavy (non-hydrogen) atoms. The van der Waals surface area contributed by atoms with Gasteiger partial charge in [-0.05, 0) is 36.8 Å². The number of hydrogen-bond donors (Lipinski definition) is 2. The first-order valence-corrected chi connectivity index (χ1v) is 8.10. The van der Waals surface area contributed by atoms with Crippen LogP contribution in [0.5, 0.6) is 0 Å². The summed E-state index contributed by atoms with van der Waals surface area (Å²) in [6.07, 6.45) is -1.06. The molecule has 0 saturated heterocycles. The number of hydrogen-bond acceptors (Lipinski definition) is 5. The Kier molecular flexibility index (Phi) is 4.99. The molecule has 0 fully saturated rings. The van der Waals surface area contributed by atoms with Crippen LogP contribution < -0.4 is 10.2 Å². The molecule has 0 aliphatic carbocycles. The van der Waals surface area contributed by atoms with Gasteiger partial charge in [0.25, 0.3) is 5.91 Å². The zero-order valence-corrected chi connectivity index (χ0v) is 14.1. The van der Waals surface area contributed by atoms with Crippen molar-refractivity contribution in [2.45, 2.75) is 19.6 Å². The van der Waals surface area contributed by atoms with E-state index in [2.05, 4.69) is 5.32 Å². The van der Waals surface area contributed by atoms with Gasteiger partial charge in [-0.15, -0.1) is 0 Å². The van der Waals surface area contributed by atoms with E-state index in [1.165, 1.54) is 24.0 Å². The highest BCUT2D eigenvalue weighted by atomic mass is 16.5. The molecule has 0 spiro atoms. The zero-order valence-electron chi connectivity index (χ0n) is 14.1. The molecular weight excluding hydrogens is 336 g/mol. The Morgan fingerprint density at radius 2 is 1.88 bits per heavy atom. The van der Waals surface area contributed by atoms with Gasteiger partial charge in [0.2, 0.25) is 5.91 Å². The van der Waals surface area contributed by atoms with E-state index in [4.69, 9.17) is 9.84 Å². The second kappa shape index (κ2) is 7.37. The molecule has 0 aromatic heterocycles. The van der Waals surface area contributed by atoms with E-state index >= 15 is 0 Å². The predicted octanol–water partition coefficient (Wildman–Crippen LogP) is 1.71. The third-order valence-electron chi connectivity index (χ3n) is 4.04. The molecule has 2 amide bonds. The Bertz CT molecular complexity index is 847. The van der Waals surface area contributed by atoms with Crippen LogP contribution in [0.3, 0.4) is 0 Å². The average Bonchev–Trinajstić information content (AvgIpc) is 2.66. The molecule has 0 bridgehead atoms. The summed E-state index contributed by atoms with van der Waals surface area (Å²) < 4.78 is 5.25. The van der Waals surface area contributed by atoms with E-state index in [0.717, 1.165) is 0 Å². The summed E-state index contributed by atoms with van der Waals surface area (Å²) in [7, 11) is 0. The molecule has 134 valence electrons. The van der Waals surface area contributed by atoms with Crippen molar-refractivity contribution in [2.75, 3.05) is 16.8 Å². The Morgan fingerprint density at radius 1 is 1.19 bits per heavy atom. The molecule has 2 aromatic carbocycles. The number of amides is 2. The Labute approximate surface area is 150 Å². The van der Waals surface area contributed by atoms with Gasteiger partial charge in [-0.1, -0.05) is 24.3 Å². The minimum atomic E-state index is -1.06. The maximum absolute atomic E-state index is 12.7. The standard InChI is InChI=1S/C19H18N2O5/c1-12(26-19(25)14-8-6-13(11-22)7-9-14)18(24)21-10-17(23)20-15-4-2-3-5-16(15)21/h2-9,12,22H,10-11H2,1H3,(H,20,23)/t12-/m1/s1. The van der Waals surface area contributed by atoms with Gasteiger partial charge in [-0.25, -0.2) is 4.79 Å². The molecule has 7 heteroatoms.